The summed E-state index contributed by atoms with van der Waals surface area (Å²) in [7, 11) is 0. The maximum atomic E-state index is 5.15. The molecule has 0 radical (unpaired) electrons. The topological polar surface area (TPSA) is 32.3 Å². The molecule has 62 heavy (non-hydrogen) atoms. The lowest BCUT2D eigenvalue weighted by molar-refractivity contribution is 1.25. The van der Waals surface area contributed by atoms with E-state index in [0.29, 0.717) is 0 Å². The van der Waals surface area contributed by atoms with Gasteiger partial charge in [-0.3, -0.25) is 9.97 Å². The van der Waals surface area contributed by atoms with Gasteiger partial charge in [-0.05, 0) is 114 Å². The molecule has 4 heteroatoms. The molecule has 0 bridgehead atoms. The second kappa shape index (κ2) is 16.9. The average molecular weight is 797 g/mol. The summed E-state index contributed by atoms with van der Waals surface area (Å²) in [4.78, 5) is 14.4. The Morgan fingerprint density at radius 1 is 0.387 bits per heavy atom. The Balaban J connectivity index is 0.944. The van der Waals surface area contributed by atoms with Crippen molar-refractivity contribution in [3.05, 3.63) is 241 Å². The van der Waals surface area contributed by atoms with Crippen molar-refractivity contribution >= 4 is 67.8 Å². The fourth-order valence-corrected chi connectivity index (χ4v) is 8.59. The second-order valence-corrected chi connectivity index (χ2v) is 15.6. The van der Waals surface area contributed by atoms with E-state index in [9.17, 15) is 0 Å². The maximum Gasteiger partial charge on any atom is 0.0782 e. The van der Waals surface area contributed by atoms with Gasteiger partial charge in [0.15, 0.2) is 0 Å². The third-order valence-electron chi connectivity index (χ3n) is 11.7. The SMILES string of the molecule is Cc1cc(-c2ccc(N(c3ccccc3)c3ccccc3)c3ccncc23)ccc1C=Cc1ccc(-c2ncc(N(c3ccccc3)c3ccccc3)c3ccccc23)cc1C. The molecular formula is C58H44N4. The summed E-state index contributed by atoms with van der Waals surface area (Å²) in [5.74, 6) is 0. The van der Waals surface area contributed by atoms with Crippen molar-refractivity contribution < 1.29 is 0 Å². The van der Waals surface area contributed by atoms with Crippen LogP contribution in [0.4, 0.5) is 34.1 Å². The zero-order valence-corrected chi connectivity index (χ0v) is 34.7. The fourth-order valence-electron chi connectivity index (χ4n) is 8.59. The van der Waals surface area contributed by atoms with Gasteiger partial charge in [-0.25, -0.2) is 0 Å². The number of para-hydroxylation sites is 4. The van der Waals surface area contributed by atoms with Crippen LogP contribution >= 0.6 is 0 Å². The molecule has 0 aliphatic carbocycles. The first-order valence-electron chi connectivity index (χ1n) is 21.1. The number of hydrogen-bond acceptors (Lipinski definition) is 4. The number of nitrogens with zero attached hydrogens (tertiary/aromatic N) is 4. The lowest BCUT2D eigenvalue weighted by atomic mass is 9.94. The van der Waals surface area contributed by atoms with Crippen LogP contribution in [0, 0.1) is 13.8 Å². The lowest BCUT2D eigenvalue weighted by Gasteiger charge is -2.27. The Hall–Kier alpha value is -8.08. The van der Waals surface area contributed by atoms with E-state index in [1.807, 2.05) is 18.6 Å². The summed E-state index contributed by atoms with van der Waals surface area (Å²) < 4.78 is 0. The minimum absolute atomic E-state index is 0.971. The number of hydrogen-bond donors (Lipinski definition) is 0. The standard InChI is InChI=1S/C58H44N4/c1-41-37-45(51-33-34-56(53-35-36-59-39-55(51)53)61(47-17-7-3-8-18-47)48-19-9-4-10-20-48)31-29-43(41)27-28-44-30-32-46(38-42(44)2)58-54-26-16-15-25-52(54)57(40-60-58)62(49-21-11-5-12-22-49)50-23-13-6-14-24-50/h3-40H,1-2H3. The highest BCUT2D eigenvalue weighted by molar-refractivity contribution is 6.06. The van der Waals surface area contributed by atoms with Crippen LogP contribution in [0.2, 0.25) is 0 Å². The number of rotatable bonds is 10. The van der Waals surface area contributed by atoms with E-state index >= 15 is 0 Å². The van der Waals surface area contributed by atoms with Gasteiger partial charge in [0.25, 0.3) is 0 Å². The summed E-state index contributed by atoms with van der Waals surface area (Å²) in [5.41, 5.74) is 15.7. The van der Waals surface area contributed by atoms with E-state index < -0.39 is 0 Å². The molecule has 2 heterocycles. The third kappa shape index (κ3) is 7.40. The number of fused-ring (bicyclic) bond motifs is 2. The maximum absolute atomic E-state index is 5.15. The first-order chi connectivity index (χ1) is 30.6. The molecule has 0 N–H and O–H groups in total. The summed E-state index contributed by atoms with van der Waals surface area (Å²) in [6.07, 6.45) is 10.4. The molecule has 2 aromatic heterocycles. The van der Waals surface area contributed by atoms with Crippen LogP contribution in [0.15, 0.2) is 219 Å². The van der Waals surface area contributed by atoms with Crippen LogP contribution in [0.1, 0.15) is 22.3 Å². The largest absolute Gasteiger partial charge is 0.310 e. The molecule has 4 nitrogen and oxygen atoms in total. The number of aryl methyl sites for hydroxylation is 2. The van der Waals surface area contributed by atoms with Crippen molar-refractivity contribution in [3.63, 3.8) is 0 Å². The van der Waals surface area contributed by atoms with Crippen LogP contribution in [0.25, 0.3) is 56.1 Å². The van der Waals surface area contributed by atoms with Crippen molar-refractivity contribution in [2.24, 2.45) is 0 Å². The molecule has 10 rings (SSSR count). The van der Waals surface area contributed by atoms with Gasteiger partial charge in [0.05, 0.1) is 23.3 Å². The van der Waals surface area contributed by atoms with Gasteiger partial charge in [0.2, 0.25) is 0 Å². The molecule has 0 fully saturated rings. The van der Waals surface area contributed by atoms with Crippen molar-refractivity contribution in [2.75, 3.05) is 9.80 Å². The Morgan fingerprint density at radius 2 is 0.855 bits per heavy atom. The minimum atomic E-state index is 0.971. The number of benzene rings is 8. The molecule has 0 atom stereocenters. The average Bonchev–Trinajstić information content (AvgIpc) is 3.33. The quantitative estimate of drug-likeness (QED) is 0.129. The summed E-state index contributed by atoms with van der Waals surface area (Å²) in [5, 5.41) is 4.52. The molecule has 0 saturated heterocycles. The molecule has 0 aliphatic heterocycles. The molecule has 8 aromatic carbocycles. The first-order valence-corrected chi connectivity index (χ1v) is 21.1. The lowest BCUT2D eigenvalue weighted by Crippen LogP contribution is -2.11. The minimum Gasteiger partial charge on any atom is -0.310 e. The number of pyridine rings is 2. The van der Waals surface area contributed by atoms with Crippen LogP contribution < -0.4 is 9.80 Å². The van der Waals surface area contributed by atoms with Crippen LogP contribution in [0.5, 0.6) is 0 Å². The van der Waals surface area contributed by atoms with Gasteiger partial charge in [-0.15, -0.1) is 0 Å². The fraction of sp³-hybridized carbons (Fsp3) is 0.0345. The normalized spacial score (nSPS) is 11.3. The van der Waals surface area contributed by atoms with Crippen molar-refractivity contribution in [1.82, 2.24) is 9.97 Å². The molecular weight excluding hydrogens is 753 g/mol. The Morgan fingerprint density at radius 3 is 1.40 bits per heavy atom. The Kier molecular flexibility index (Phi) is 10.4. The van der Waals surface area contributed by atoms with Gasteiger partial charge < -0.3 is 9.80 Å². The molecule has 296 valence electrons. The molecule has 0 amide bonds. The Bertz CT molecular complexity index is 2900. The van der Waals surface area contributed by atoms with Crippen molar-refractivity contribution in [1.29, 1.82) is 0 Å². The van der Waals surface area contributed by atoms with Gasteiger partial charge in [0.1, 0.15) is 0 Å². The highest BCUT2D eigenvalue weighted by Crippen LogP contribution is 2.43. The monoisotopic (exact) mass is 796 g/mol. The van der Waals surface area contributed by atoms with Gasteiger partial charge in [-0.2, -0.15) is 0 Å². The van der Waals surface area contributed by atoms with E-state index in [0.717, 1.165) is 78.1 Å². The summed E-state index contributed by atoms with van der Waals surface area (Å²) >= 11 is 0. The van der Waals surface area contributed by atoms with Gasteiger partial charge in [-0.1, -0.05) is 146 Å². The van der Waals surface area contributed by atoms with Crippen LogP contribution in [-0.2, 0) is 0 Å². The molecule has 0 unspecified atom stereocenters. The summed E-state index contributed by atoms with van der Waals surface area (Å²) in [6.45, 7) is 4.37. The van der Waals surface area contributed by atoms with Crippen molar-refractivity contribution in [3.8, 4) is 22.4 Å². The molecule has 0 spiro atoms. The van der Waals surface area contributed by atoms with Crippen LogP contribution in [0.3, 0.4) is 0 Å². The van der Waals surface area contributed by atoms with Gasteiger partial charge in [0, 0.05) is 62.3 Å². The van der Waals surface area contributed by atoms with Crippen molar-refractivity contribution in [2.45, 2.75) is 13.8 Å². The third-order valence-corrected chi connectivity index (χ3v) is 11.7. The van der Waals surface area contributed by atoms with E-state index in [4.69, 9.17) is 4.98 Å². The highest BCUT2D eigenvalue weighted by Gasteiger charge is 2.19. The highest BCUT2D eigenvalue weighted by atomic mass is 15.2. The molecule has 0 aliphatic rings. The second-order valence-electron chi connectivity index (χ2n) is 15.6. The predicted molar refractivity (Wildman–Crippen MR) is 262 cm³/mol. The molecule has 10 aromatic rings. The van der Waals surface area contributed by atoms with E-state index in [1.54, 1.807) is 0 Å². The van der Waals surface area contributed by atoms with Crippen LogP contribution in [-0.4, -0.2) is 9.97 Å². The summed E-state index contributed by atoms with van der Waals surface area (Å²) in [6, 6.07) is 70.7. The van der Waals surface area contributed by atoms with Gasteiger partial charge >= 0.3 is 0 Å². The number of aromatic nitrogens is 2. The van der Waals surface area contributed by atoms with E-state index in [2.05, 4.69) is 241 Å². The Labute approximate surface area is 363 Å². The smallest absolute Gasteiger partial charge is 0.0782 e. The zero-order valence-electron chi connectivity index (χ0n) is 34.7. The van der Waals surface area contributed by atoms with E-state index in [-0.39, 0.29) is 0 Å². The molecule has 0 saturated carbocycles. The van der Waals surface area contributed by atoms with E-state index in [1.165, 1.54) is 22.3 Å². The number of anilines is 6. The predicted octanol–water partition coefficient (Wildman–Crippen LogP) is 15.8. The zero-order chi connectivity index (χ0) is 41.8. The first kappa shape index (κ1) is 38.1.